The van der Waals surface area contributed by atoms with Gasteiger partial charge in [0.2, 0.25) is 5.43 Å². The zero-order valence-corrected chi connectivity index (χ0v) is 13.2. The molecule has 0 bridgehead atoms. The lowest BCUT2D eigenvalue weighted by Crippen LogP contribution is -2.27. The number of aryl methyl sites for hydroxylation is 1. The van der Waals surface area contributed by atoms with E-state index >= 15 is 0 Å². The highest BCUT2D eigenvalue weighted by atomic mass is 35.5. The van der Waals surface area contributed by atoms with Gasteiger partial charge in [0.25, 0.3) is 5.91 Å². The van der Waals surface area contributed by atoms with Gasteiger partial charge >= 0.3 is 0 Å². The van der Waals surface area contributed by atoms with Gasteiger partial charge in [0.15, 0.2) is 5.69 Å². The summed E-state index contributed by atoms with van der Waals surface area (Å²) in [5, 5.41) is 7.70. The molecular formula is C17H14ClN3O2. The Bertz CT molecular complexity index is 950. The zero-order chi connectivity index (χ0) is 16.4. The molecule has 6 heteroatoms. The molecule has 2 aromatic carbocycles. The molecule has 1 aromatic heterocycles. The summed E-state index contributed by atoms with van der Waals surface area (Å²) in [5.41, 5.74) is 0.603. The number of rotatable bonds is 3. The Balaban J connectivity index is 2.09. The zero-order valence-electron chi connectivity index (χ0n) is 12.4. The second-order valence-electron chi connectivity index (χ2n) is 4.94. The number of carbonyl (C=O) groups excluding carboxylic acids is 1. The summed E-state index contributed by atoms with van der Waals surface area (Å²) in [4.78, 5) is 25.0. The topological polar surface area (TPSA) is 64.0 Å². The van der Waals surface area contributed by atoms with Crippen molar-refractivity contribution in [3.63, 3.8) is 0 Å². The maximum Gasteiger partial charge on any atom is 0.280 e. The molecule has 3 aromatic rings. The van der Waals surface area contributed by atoms with E-state index in [-0.39, 0.29) is 5.69 Å². The van der Waals surface area contributed by atoms with Crippen LogP contribution >= 0.6 is 11.6 Å². The monoisotopic (exact) mass is 327 g/mol. The fourth-order valence-corrected chi connectivity index (χ4v) is 2.55. The number of nitrogens with zero attached hydrogens (tertiary/aromatic N) is 2. The summed E-state index contributed by atoms with van der Waals surface area (Å²) in [6.07, 6.45) is 0. The molecule has 0 fully saturated rings. The van der Waals surface area contributed by atoms with E-state index in [1.807, 2.05) is 19.1 Å². The molecule has 5 nitrogen and oxygen atoms in total. The van der Waals surface area contributed by atoms with Gasteiger partial charge in [-0.3, -0.25) is 14.3 Å². The van der Waals surface area contributed by atoms with E-state index in [0.29, 0.717) is 28.2 Å². The molecule has 0 aliphatic heterocycles. The van der Waals surface area contributed by atoms with Crippen LogP contribution < -0.4 is 10.7 Å². The lowest BCUT2D eigenvalue weighted by molar-refractivity contribution is 0.101. The number of halogens is 1. The first-order valence-electron chi connectivity index (χ1n) is 7.17. The van der Waals surface area contributed by atoms with Crippen LogP contribution in [-0.4, -0.2) is 15.7 Å². The normalized spacial score (nSPS) is 10.7. The number of para-hydroxylation sites is 2. The summed E-state index contributed by atoms with van der Waals surface area (Å²) >= 11 is 6.03. The second kappa shape index (κ2) is 6.22. The van der Waals surface area contributed by atoms with Crippen LogP contribution in [0.1, 0.15) is 17.4 Å². The second-order valence-corrected chi connectivity index (χ2v) is 5.35. The molecule has 0 saturated carbocycles. The Labute approximate surface area is 137 Å². The average Bonchev–Trinajstić information content (AvgIpc) is 2.57. The van der Waals surface area contributed by atoms with Crippen LogP contribution in [-0.2, 0) is 6.54 Å². The third kappa shape index (κ3) is 2.83. The maximum absolute atomic E-state index is 12.5. The van der Waals surface area contributed by atoms with Crippen LogP contribution in [0.4, 0.5) is 5.69 Å². The molecule has 0 aliphatic rings. The highest BCUT2D eigenvalue weighted by Crippen LogP contribution is 2.20. The van der Waals surface area contributed by atoms with E-state index in [1.54, 1.807) is 41.1 Å². The third-order valence-electron chi connectivity index (χ3n) is 3.50. The Kier molecular flexibility index (Phi) is 4.12. The van der Waals surface area contributed by atoms with Crippen molar-refractivity contribution in [3.05, 3.63) is 69.5 Å². The van der Waals surface area contributed by atoms with Gasteiger partial charge in [0, 0.05) is 11.9 Å². The van der Waals surface area contributed by atoms with E-state index in [1.165, 1.54) is 0 Å². The smallest absolute Gasteiger partial charge is 0.280 e. The number of amides is 1. The van der Waals surface area contributed by atoms with Gasteiger partial charge in [-0.2, -0.15) is 5.10 Å². The molecule has 1 N–H and O–H groups in total. The molecular weight excluding hydrogens is 314 g/mol. The number of fused-ring (bicyclic) bond motifs is 1. The van der Waals surface area contributed by atoms with Crippen molar-refractivity contribution < 1.29 is 4.79 Å². The quantitative estimate of drug-likeness (QED) is 0.802. The molecule has 0 aliphatic carbocycles. The number of anilines is 1. The van der Waals surface area contributed by atoms with Crippen molar-refractivity contribution in [1.82, 2.24) is 9.78 Å². The highest BCUT2D eigenvalue weighted by molar-refractivity contribution is 6.33. The van der Waals surface area contributed by atoms with Crippen molar-refractivity contribution in [2.45, 2.75) is 13.5 Å². The van der Waals surface area contributed by atoms with Gasteiger partial charge in [-0.25, -0.2) is 0 Å². The summed E-state index contributed by atoms with van der Waals surface area (Å²) in [6, 6.07) is 13.9. The molecule has 0 spiro atoms. The van der Waals surface area contributed by atoms with Crippen molar-refractivity contribution in [3.8, 4) is 0 Å². The van der Waals surface area contributed by atoms with Crippen molar-refractivity contribution in [1.29, 1.82) is 0 Å². The predicted molar refractivity (Wildman–Crippen MR) is 91.1 cm³/mol. The number of benzene rings is 2. The van der Waals surface area contributed by atoms with E-state index in [2.05, 4.69) is 10.4 Å². The predicted octanol–water partition coefficient (Wildman–Crippen LogP) is 3.32. The number of hydrogen-bond acceptors (Lipinski definition) is 3. The van der Waals surface area contributed by atoms with E-state index < -0.39 is 11.3 Å². The van der Waals surface area contributed by atoms with Gasteiger partial charge in [-0.05, 0) is 31.2 Å². The summed E-state index contributed by atoms with van der Waals surface area (Å²) in [5.74, 6) is -0.573. The van der Waals surface area contributed by atoms with Crippen LogP contribution in [0.5, 0.6) is 0 Å². The largest absolute Gasteiger partial charge is 0.319 e. The summed E-state index contributed by atoms with van der Waals surface area (Å²) in [7, 11) is 0. The molecule has 0 saturated heterocycles. The molecule has 1 amide bonds. The summed E-state index contributed by atoms with van der Waals surface area (Å²) in [6.45, 7) is 2.45. The molecule has 1 heterocycles. The first-order valence-corrected chi connectivity index (χ1v) is 7.55. The lowest BCUT2D eigenvalue weighted by Gasteiger charge is -2.11. The fraction of sp³-hybridized carbons (Fsp3) is 0.118. The third-order valence-corrected chi connectivity index (χ3v) is 3.83. The fourth-order valence-electron chi connectivity index (χ4n) is 2.37. The van der Waals surface area contributed by atoms with Crippen LogP contribution in [0.25, 0.3) is 10.9 Å². The first kappa shape index (κ1) is 15.2. The highest BCUT2D eigenvalue weighted by Gasteiger charge is 2.17. The van der Waals surface area contributed by atoms with Gasteiger partial charge in [-0.1, -0.05) is 35.9 Å². The SMILES string of the molecule is CCn1nc(C(=O)Nc2ccccc2Cl)c(=O)c2ccccc21. The Morgan fingerprint density at radius 1 is 1.17 bits per heavy atom. The number of aromatic nitrogens is 2. The Morgan fingerprint density at radius 2 is 1.87 bits per heavy atom. The average molecular weight is 328 g/mol. The van der Waals surface area contributed by atoms with E-state index in [4.69, 9.17) is 11.6 Å². The van der Waals surface area contributed by atoms with Gasteiger partial charge in [0.1, 0.15) is 0 Å². The minimum atomic E-state index is -0.573. The molecule has 0 atom stereocenters. The van der Waals surface area contributed by atoms with E-state index in [9.17, 15) is 9.59 Å². The standard InChI is InChI=1S/C17H14ClN3O2/c1-2-21-14-10-6-3-7-11(14)16(22)15(20-21)17(23)19-13-9-5-4-8-12(13)18/h3-10H,2H2,1H3,(H,19,23). The molecule has 0 radical (unpaired) electrons. The van der Waals surface area contributed by atoms with Gasteiger partial charge in [0.05, 0.1) is 16.2 Å². The minimum absolute atomic E-state index is 0.148. The number of carbonyl (C=O) groups is 1. The number of nitrogens with one attached hydrogen (secondary N) is 1. The van der Waals surface area contributed by atoms with Crippen LogP contribution in [0.3, 0.4) is 0 Å². The van der Waals surface area contributed by atoms with Gasteiger partial charge in [-0.15, -0.1) is 0 Å². The van der Waals surface area contributed by atoms with Gasteiger partial charge < -0.3 is 5.32 Å². The molecule has 0 unspecified atom stereocenters. The van der Waals surface area contributed by atoms with Crippen molar-refractivity contribution >= 4 is 34.1 Å². The van der Waals surface area contributed by atoms with Crippen molar-refractivity contribution in [2.24, 2.45) is 0 Å². The number of hydrogen-bond donors (Lipinski definition) is 1. The molecule has 116 valence electrons. The first-order chi connectivity index (χ1) is 11.1. The van der Waals surface area contributed by atoms with E-state index in [0.717, 1.165) is 0 Å². The van der Waals surface area contributed by atoms with Crippen LogP contribution in [0, 0.1) is 0 Å². The van der Waals surface area contributed by atoms with Crippen LogP contribution in [0.15, 0.2) is 53.3 Å². The van der Waals surface area contributed by atoms with Crippen LogP contribution in [0.2, 0.25) is 5.02 Å². The molecule has 23 heavy (non-hydrogen) atoms. The Morgan fingerprint density at radius 3 is 2.61 bits per heavy atom. The minimum Gasteiger partial charge on any atom is -0.319 e. The summed E-state index contributed by atoms with van der Waals surface area (Å²) < 4.78 is 1.64. The Hall–Kier alpha value is -2.66. The molecule has 3 rings (SSSR count). The van der Waals surface area contributed by atoms with Crippen molar-refractivity contribution in [2.75, 3.05) is 5.32 Å². The maximum atomic E-state index is 12.5. The lowest BCUT2D eigenvalue weighted by atomic mass is 10.2.